The Morgan fingerprint density at radius 3 is 2.95 bits per heavy atom. The molecule has 0 aliphatic carbocycles. The van der Waals surface area contributed by atoms with E-state index in [1.807, 2.05) is 24.8 Å². The van der Waals surface area contributed by atoms with Crippen LogP contribution < -0.4 is 14.8 Å². The summed E-state index contributed by atoms with van der Waals surface area (Å²) in [5.41, 5.74) is 1.25. The van der Waals surface area contributed by atoms with Crippen LogP contribution in [0, 0.1) is 0 Å². The van der Waals surface area contributed by atoms with Gasteiger partial charge < -0.3 is 14.8 Å². The summed E-state index contributed by atoms with van der Waals surface area (Å²) in [7, 11) is 1.68. The molecular weight excluding hydrogens is 258 g/mol. The molecule has 19 heavy (non-hydrogen) atoms. The highest BCUT2D eigenvalue weighted by Crippen LogP contribution is 2.28. The minimum absolute atomic E-state index is 0.649. The predicted molar refractivity (Wildman–Crippen MR) is 81.3 cm³/mol. The minimum Gasteiger partial charge on any atom is -0.493 e. The molecule has 3 nitrogen and oxygen atoms in total. The van der Waals surface area contributed by atoms with Crippen LogP contribution in [0.4, 0.5) is 0 Å². The molecule has 0 amide bonds. The third-order valence-corrected chi connectivity index (χ3v) is 4.50. The predicted octanol–water partition coefficient (Wildman–Crippen LogP) is 3.08. The van der Waals surface area contributed by atoms with E-state index in [2.05, 4.69) is 17.4 Å². The van der Waals surface area contributed by atoms with Crippen molar-refractivity contribution in [3.05, 3.63) is 23.8 Å². The first kappa shape index (κ1) is 14.5. The van der Waals surface area contributed by atoms with Crippen LogP contribution in [-0.4, -0.2) is 31.3 Å². The molecule has 106 valence electrons. The summed E-state index contributed by atoms with van der Waals surface area (Å²) >= 11 is 2.05. The zero-order valence-corrected chi connectivity index (χ0v) is 12.6. The summed E-state index contributed by atoms with van der Waals surface area (Å²) in [6, 6.07) is 6.81. The van der Waals surface area contributed by atoms with Crippen LogP contribution in [0.3, 0.4) is 0 Å². The van der Waals surface area contributed by atoms with Gasteiger partial charge in [0.05, 0.1) is 13.7 Å². The van der Waals surface area contributed by atoms with Crippen molar-refractivity contribution in [1.82, 2.24) is 5.32 Å². The third kappa shape index (κ3) is 4.32. The van der Waals surface area contributed by atoms with E-state index in [-0.39, 0.29) is 0 Å². The molecule has 1 saturated heterocycles. The first-order chi connectivity index (χ1) is 9.33. The molecule has 1 fully saturated rings. The molecule has 2 rings (SSSR count). The molecule has 1 aromatic rings. The fourth-order valence-corrected chi connectivity index (χ4v) is 3.37. The lowest BCUT2D eigenvalue weighted by atomic mass is 10.1. The fraction of sp³-hybridized carbons (Fsp3) is 0.600. The smallest absolute Gasteiger partial charge is 0.161 e. The summed E-state index contributed by atoms with van der Waals surface area (Å²) < 4.78 is 10.9. The zero-order chi connectivity index (χ0) is 13.5. The summed E-state index contributed by atoms with van der Waals surface area (Å²) in [5.74, 6) is 4.19. The monoisotopic (exact) mass is 281 g/mol. The first-order valence-electron chi connectivity index (χ1n) is 6.94. The van der Waals surface area contributed by atoms with Gasteiger partial charge in [-0.2, -0.15) is 11.8 Å². The normalized spacial score (nSPS) is 19.2. The highest BCUT2D eigenvalue weighted by molar-refractivity contribution is 7.99. The largest absolute Gasteiger partial charge is 0.493 e. The van der Waals surface area contributed by atoms with Crippen LogP contribution in [0.25, 0.3) is 0 Å². The van der Waals surface area contributed by atoms with Gasteiger partial charge in [-0.3, -0.25) is 0 Å². The molecule has 1 atom stereocenters. The lowest BCUT2D eigenvalue weighted by molar-refractivity contribution is 0.310. The average Bonchev–Trinajstić information content (AvgIpc) is 2.47. The molecule has 4 heteroatoms. The Bertz CT molecular complexity index is 392. The van der Waals surface area contributed by atoms with Gasteiger partial charge in [-0.1, -0.05) is 6.07 Å². The minimum atomic E-state index is 0.649. The summed E-state index contributed by atoms with van der Waals surface area (Å²) in [5, 5.41) is 3.63. The number of thioether (sulfide) groups is 1. The number of ether oxygens (including phenoxy) is 2. The van der Waals surface area contributed by atoms with Crippen LogP contribution in [0.1, 0.15) is 25.3 Å². The van der Waals surface area contributed by atoms with E-state index in [0.717, 1.165) is 18.0 Å². The Hall–Kier alpha value is -0.870. The maximum Gasteiger partial charge on any atom is 0.161 e. The van der Waals surface area contributed by atoms with Gasteiger partial charge in [0.25, 0.3) is 0 Å². The second kappa shape index (κ2) is 7.65. The van der Waals surface area contributed by atoms with Crippen molar-refractivity contribution in [2.75, 3.05) is 25.2 Å². The van der Waals surface area contributed by atoms with Gasteiger partial charge in [0.15, 0.2) is 11.5 Å². The van der Waals surface area contributed by atoms with Crippen LogP contribution in [0.5, 0.6) is 11.5 Å². The van der Waals surface area contributed by atoms with Gasteiger partial charge in [-0.15, -0.1) is 0 Å². The molecule has 1 aliphatic heterocycles. The molecule has 0 saturated carbocycles. The van der Waals surface area contributed by atoms with Gasteiger partial charge in [0.1, 0.15) is 0 Å². The highest BCUT2D eigenvalue weighted by Gasteiger charge is 2.13. The molecule has 1 aromatic carbocycles. The summed E-state index contributed by atoms with van der Waals surface area (Å²) in [6.45, 7) is 3.55. The number of hydrogen-bond acceptors (Lipinski definition) is 4. The van der Waals surface area contributed by atoms with Gasteiger partial charge >= 0.3 is 0 Å². The molecule has 0 radical (unpaired) electrons. The van der Waals surface area contributed by atoms with Crippen molar-refractivity contribution < 1.29 is 9.47 Å². The Kier molecular flexibility index (Phi) is 5.86. The molecule has 0 aromatic heterocycles. The molecule has 1 unspecified atom stereocenters. The van der Waals surface area contributed by atoms with E-state index in [1.54, 1.807) is 7.11 Å². The number of nitrogens with one attached hydrogen (secondary N) is 1. The lowest BCUT2D eigenvalue weighted by Gasteiger charge is -2.22. The zero-order valence-electron chi connectivity index (χ0n) is 11.8. The quantitative estimate of drug-likeness (QED) is 0.868. The van der Waals surface area contributed by atoms with Crippen molar-refractivity contribution in [2.45, 2.75) is 32.4 Å². The van der Waals surface area contributed by atoms with Crippen LogP contribution >= 0.6 is 11.8 Å². The van der Waals surface area contributed by atoms with Gasteiger partial charge in [0.2, 0.25) is 0 Å². The van der Waals surface area contributed by atoms with Crippen LogP contribution in [0.15, 0.2) is 18.2 Å². The van der Waals surface area contributed by atoms with Crippen molar-refractivity contribution in [3.63, 3.8) is 0 Å². The van der Waals surface area contributed by atoms with Gasteiger partial charge in [-0.05, 0) is 43.2 Å². The number of rotatable bonds is 6. The average molecular weight is 281 g/mol. The second-order valence-electron chi connectivity index (χ2n) is 4.71. The number of methoxy groups -OCH3 is 1. The van der Waals surface area contributed by atoms with Crippen LogP contribution in [0.2, 0.25) is 0 Å². The Balaban J connectivity index is 1.93. The number of benzene rings is 1. The molecule has 1 heterocycles. The molecule has 1 N–H and O–H groups in total. The second-order valence-corrected chi connectivity index (χ2v) is 5.86. The van der Waals surface area contributed by atoms with E-state index in [0.29, 0.717) is 12.6 Å². The van der Waals surface area contributed by atoms with Crippen LogP contribution in [-0.2, 0) is 6.54 Å². The Labute approximate surface area is 120 Å². The van der Waals surface area contributed by atoms with Crippen molar-refractivity contribution in [1.29, 1.82) is 0 Å². The highest BCUT2D eigenvalue weighted by atomic mass is 32.2. The topological polar surface area (TPSA) is 30.5 Å². The Morgan fingerprint density at radius 2 is 2.26 bits per heavy atom. The molecule has 0 bridgehead atoms. The Morgan fingerprint density at radius 1 is 1.37 bits per heavy atom. The van der Waals surface area contributed by atoms with E-state index in [4.69, 9.17) is 9.47 Å². The molecule has 1 aliphatic rings. The third-order valence-electron chi connectivity index (χ3n) is 3.28. The molecular formula is C15H23NO2S. The maximum atomic E-state index is 5.60. The lowest BCUT2D eigenvalue weighted by Crippen LogP contribution is -2.33. The van der Waals surface area contributed by atoms with E-state index < -0.39 is 0 Å². The van der Waals surface area contributed by atoms with Gasteiger partial charge in [0, 0.05) is 18.3 Å². The number of hydrogen-bond donors (Lipinski definition) is 1. The van der Waals surface area contributed by atoms with Crippen molar-refractivity contribution in [3.8, 4) is 11.5 Å². The van der Waals surface area contributed by atoms with E-state index in [1.165, 1.54) is 29.9 Å². The van der Waals surface area contributed by atoms with E-state index in [9.17, 15) is 0 Å². The standard InChI is InChI=1S/C15H23NO2S/c1-3-18-15-9-12(6-7-14(15)17-2)10-16-13-5-4-8-19-11-13/h6-7,9,13,16H,3-5,8,10-11H2,1-2H3. The van der Waals surface area contributed by atoms with Gasteiger partial charge in [-0.25, -0.2) is 0 Å². The fourth-order valence-electron chi connectivity index (χ4n) is 2.26. The first-order valence-corrected chi connectivity index (χ1v) is 8.09. The van der Waals surface area contributed by atoms with Crippen molar-refractivity contribution in [2.24, 2.45) is 0 Å². The summed E-state index contributed by atoms with van der Waals surface area (Å²) in [6.07, 6.45) is 2.62. The molecule has 0 spiro atoms. The van der Waals surface area contributed by atoms with E-state index >= 15 is 0 Å². The summed E-state index contributed by atoms with van der Waals surface area (Å²) in [4.78, 5) is 0. The maximum absolute atomic E-state index is 5.60. The van der Waals surface area contributed by atoms with Crippen molar-refractivity contribution >= 4 is 11.8 Å². The SMILES string of the molecule is CCOc1cc(CNC2CCCSC2)ccc1OC.